The number of rotatable bonds is 5. The summed E-state index contributed by atoms with van der Waals surface area (Å²) in [4.78, 5) is 22.8. The molecule has 0 saturated carbocycles. The zero-order valence-electron chi connectivity index (χ0n) is 14.1. The van der Waals surface area contributed by atoms with Crippen LogP contribution in [0.5, 0.6) is 0 Å². The lowest BCUT2D eigenvalue weighted by atomic mass is 10.1. The molecule has 2 rings (SSSR count). The molecule has 0 atom stereocenters. The Labute approximate surface area is 156 Å². The van der Waals surface area contributed by atoms with Crippen molar-refractivity contribution in [1.82, 2.24) is 4.72 Å². The molecule has 2 N–H and O–H groups in total. The predicted molar refractivity (Wildman–Crippen MR) is 101 cm³/mol. The Bertz CT molecular complexity index is 967. The third kappa shape index (κ3) is 5.44. The lowest BCUT2D eigenvalue weighted by Crippen LogP contribution is -2.28. The maximum Gasteiger partial charge on any atom is 0.264 e. The van der Waals surface area contributed by atoms with E-state index >= 15 is 0 Å². The molecule has 2 amide bonds. The van der Waals surface area contributed by atoms with Crippen molar-refractivity contribution in [2.75, 3.05) is 5.32 Å². The summed E-state index contributed by atoms with van der Waals surface area (Å²) < 4.78 is 26.4. The van der Waals surface area contributed by atoms with Gasteiger partial charge in [-0.2, -0.15) is 0 Å². The predicted octanol–water partition coefficient (Wildman–Crippen LogP) is 3.13. The molecule has 0 bridgehead atoms. The standard InChI is InChI=1S/C18H17ClN2O4S/c1-12-3-4-14(11-17(12)19)5-10-18(23)21-26(24,25)16-8-6-15(7-9-16)20-13(2)22/h3-11H,1-2H3,(H,20,22)(H,21,23). The van der Waals surface area contributed by atoms with Crippen LogP contribution in [0.2, 0.25) is 5.02 Å². The van der Waals surface area contributed by atoms with Gasteiger partial charge in [0.1, 0.15) is 0 Å². The molecule has 0 aliphatic carbocycles. The Morgan fingerprint density at radius 2 is 1.73 bits per heavy atom. The molecular formula is C18H17ClN2O4S. The maximum atomic E-state index is 12.2. The van der Waals surface area contributed by atoms with Gasteiger partial charge in [-0.25, -0.2) is 13.1 Å². The zero-order chi connectivity index (χ0) is 19.3. The Morgan fingerprint density at radius 3 is 2.31 bits per heavy atom. The van der Waals surface area contributed by atoms with Gasteiger partial charge in [0, 0.05) is 23.7 Å². The molecule has 2 aromatic rings. The van der Waals surface area contributed by atoms with E-state index in [0.29, 0.717) is 16.3 Å². The van der Waals surface area contributed by atoms with E-state index in [9.17, 15) is 18.0 Å². The molecule has 2 aromatic carbocycles. The van der Waals surface area contributed by atoms with E-state index in [0.717, 1.165) is 11.6 Å². The highest BCUT2D eigenvalue weighted by atomic mass is 35.5. The van der Waals surface area contributed by atoms with Crippen molar-refractivity contribution in [3.63, 3.8) is 0 Å². The first-order valence-electron chi connectivity index (χ1n) is 7.56. The number of carbonyl (C=O) groups excluding carboxylic acids is 2. The second-order valence-corrected chi connectivity index (χ2v) is 7.61. The van der Waals surface area contributed by atoms with Crippen molar-refractivity contribution < 1.29 is 18.0 Å². The van der Waals surface area contributed by atoms with Crippen molar-refractivity contribution in [3.8, 4) is 0 Å². The number of hydrogen-bond acceptors (Lipinski definition) is 4. The number of benzene rings is 2. The van der Waals surface area contributed by atoms with E-state index in [2.05, 4.69) is 5.32 Å². The van der Waals surface area contributed by atoms with Gasteiger partial charge < -0.3 is 5.32 Å². The summed E-state index contributed by atoms with van der Waals surface area (Å²) in [7, 11) is -4.01. The van der Waals surface area contributed by atoms with Crippen LogP contribution >= 0.6 is 11.6 Å². The fourth-order valence-electron chi connectivity index (χ4n) is 2.03. The molecule has 6 nitrogen and oxygen atoms in total. The number of anilines is 1. The van der Waals surface area contributed by atoms with Crippen LogP contribution in [0.25, 0.3) is 6.08 Å². The monoisotopic (exact) mass is 392 g/mol. The summed E-state index contributed by atoms with van der Waals surface area (Å²) >= 11 is 6.00. The molecule has 0 saturated heterocycles. The van der Waals surface area contributed by atoms with Crippen molar-refractivity contribution >= 4 is 45.2 Å². The minimum absolute atomic E-state index is 0.0910. The maximum absolute atomic E-state index is 12.2. The molecule has 0 fully saturated rings. The lowest BCUT2D eigenvalue weighted by molar-refractivity contribution is -0.115. The van der Waals surface area contributed by atoms with Gasteiger partial charge in [-0.15, -0.1) is 0 Å². The third-order valence-electron chi connectivity index (χ3n) is 3.34. The van der Waals surface area contributed by atoms with Crippen LogP contribution in [0.3, 0.4) is 0 Å². The van der Waals surface area contributed by atoms with Crippen LogP contribution < -0.4 is 10.0 Å². The second-order valence-electron chi connectivity index (χ2n) is 5.52. The molecule has 26 heavy (non-hydrogen) atoms. The van der Waals surface area contributed by atoms with Gasteiger partial charge in [0.25, 0.3) is 15.9 Å². The number of aryl methyl sites for hydroxylation is 1. The molecule has 136 valence electrons. The van der Waals surface area contributed by atoms with Crippen molar-refractivity contribution in [3.05, 3.63) is 64.7 Å². The van der Waals surface area contributed by atoms with Crippen LogP contribution in [0.4, 0.5) is 5.69 Å². The zero-order valence-corrected chi connectivity index (χ0v) is 15.7. The summed E-state index contributed by atoms with van der Waals surface area (Å²) in [6.45, 7) is 3.20. The molecule has 0 radical (unpaired) electrons. The average molecular weight is 393 g/mol. The Balaban J connectivity index is 2.07. The van der Waals surface area contributed by atoms with Crippen LogP contribution in [-0.2, 0) is 19.6 Å². The molecule has 8 heteroatoms. The van der Waals surface area contributed by atoms with E-state index in [4.69, 9.17) is 11.6 Å². The number of carbonyl (C=O) groups is 2. The summed E-state index contributed by atoms with van der Waals surface area (Å²) in [5, 5.41) is 3.08. The smallest absolute Gasteiger partial charge is 0.264 e. The largest absolute Gasteiger partial charge is 0.326 e. The van der Waals surface area contributed by atoms with E-state index in [-0.39, 0.29) is 10.8 Å². The first-order valence-corrected chi connectivity index (χ1v) is 9.42. The lowest BCUT2D eigenvalue weighted by Gasteiger charge is -2.06. The average Bonchev–Trinajstić information content (AvgIpc) is 2.55. The highest BCUT2D eigenvalue weighted by molar-refractivity contribution is 7.90. The van der Waals surface area contributed by atoms with Gasteiger partial charge >= 0.3 is 0 Å². The van der Waals surface area contributed by atoms with Gasteiger partial charge in [-0.3, -0.25) is 9.59 Å². The Morgan fingerprint density at radius 1 is 1.08 bits per heavy atom. The van der Waals surface area contributed by atoms with E-state index < -0.39 is 15.9 Å². The molecular weight excluding hydrogens is 376 g/mol. The van der Waals surface area contributed by atoms with Crippen molar-refractivity contribution in [2.45, 2.75) is 18.7 Å². The van der Waals surface area contributed by atoms with E-state index in [1.807, 2.05) is 11.6 Å². The minimum Gasteiger partial charge on any atom is -0.326 e. The number of amides is 2. The summed E-state index contributed by atoms with van der Waals surface area (Å²) in [6, 6.07) is 10.7. The highest BCUT2D eigenvalue weighted by Gasteiger charge is 2.16. The molecule has 0 unspecified atom stereocenters. The normalized spacial score (nSPS) is 11.3. The third-order valence-corrected chi connectivity index (χ3v) is 5.11. The fraction of sp³-hybridized carbons (Fsp3) is 0.111. The number of halogens is 1. The first kappa shape index (κ1) is 19.7. The van der Waals surface area contributed by atoms with Crippen LogP contribution in [0.15, 0.2) is 53.4 Å². The first-order chi connectivity index (χ1) is 12.2. The molecule has 0 aliphatic rings. The molecule has 0 spiro atoms. The minimum atomic E-state index is -4.01. The molecule has 0 aromatic heterocycles. The Hall–Kier alpha value is -2.64. The van der Waals surface area contributed by atoms with Gasteiger partial charge in [0.05, 0.1) is 4.90 Å². The van der Waals surface area contributed by atoms with Crippen LogP contribution in [0, 0.1) is 6.92 Å². The number of sulfonamides is 1. The van der Waals surface area contributed by atoms with Gasteiger partial charge in [0.15, 0.2) is 0 Å². The molecule has 0 aliphatic heterocycles. The van der Waals surface area contributed by atoms with E-state index in [1.165, 1.54) is 37.3 Å². The summed E-state index contributed by atoms with van der Waals surface area (Å²) in [5.41, 5.74) is 2.03. The quantitative estimate of drug-likeness (QED) is 0.764. The van der Waals surface area contributed by atoms with Crippen molar-refractivity contribution in [2.24, 2.45) is 0 Å². The fourth-order valence-corrected chi connectivity index (χ4v) is 3.16. The second kappa shape index (κ2) is 8.16. The van der Waals surface area contributed by atoms with Gasteiger partial charge in [-0.1, -0.05) is 23.7 Å². The van der Waals surface area contributed by atoms with Crippen molar-refractivity contribution in [1.29, 1.82) is 0 Å². The SMILES string of the molecule is CC(=O)Nc1ccc(S(=O)(=O)NC(=O)C=Cc2ccc(C)c(Cl)c2)cc1. The van der Waals surface area contributed by atoms with Gasteiger partial charge in [-0.05, 0) is 54.5 Å². The number of hydrogen-bond donors (Lipinski definition) is 2. The summed E-state index contributed by atoms with van der Waals surface area (Å²) in [6.07, 6.45) is 2.58. The van der Waals surface area contributed by atoms with E-state index in [1.54, 1.807) is 18.2 Å². The van der Waals surface area contributed by atoms with Crippen LogP contribution in [0.1, 0.15) is 18.1 Å². The highest BCUT2D eigenvalue weighted by Crippen LogP contribution is 2.17. The summed E-state index contributed by atoms with van der Waals surface area (Å²) in [5.74, 6) is -1.05. The Kier molecular flexibility index (Phi) is 6.18. The van der Waals surface area contributed by atoms with Gasteiger partial charge in [0.2, 0.25) is 5.91 Å². The molecule has 0 heterocycles. The van der Waals surface area contributed by atoms with Crippen LogP contribution in [-0.4, -0.2) is 20.2 Å². The topological polar surface area (TPSA) is 92.3 Å². The number of nitrogens with one attached hydrogen (secondary N) is 2.